The quantitative estimate of drug-likeness (QED) is 0.674. The van der Waals surface area contributed by atoms with Crippen molar-refractivity contribution in [2.45, 2.75) is 25.9 Å². The number of benzene rings is 1. The van der Waals surface area contributed by atoms with Gasteiger partial charge in [0, 0.05) is 19.7 Å². The number of ether oxygens (including phenoxy) is 2. The third kappa shape index (κ3) is 3.04. The van der Waals surface area contributed by atoms with Crippen LogP contribution >= 0.6 is 0 Å². The molecule has 0 aromatic heterocycles. The SMILES string of the molecule is CCOC1CCN(c2c(N)cccc2C(=O)OC)CC1. The van der Waals surface area contributed by atoms with Crippen LogP contribution in [0.3, 0.4) is 0 Å². The Kier molecular flexibility index (Phi) is 4.84. The fourth-order valence-electron chi connectivity index (χ4n) is 2.67. The molecule has 2 N–H and O–H groups in total. The zero-order valence-electron chi connectivity index (χ0n) is 12.1. The molecule has 0 aliphatic carbocycles. The van der Waals surface area contributed by atoms with Crippen LogP contribution in [0, 0.1) is 0 Å². The maximum absolute atomic E-state index is 11.9. The molecule has 0 saturated carbocycles. The Labute approximate surface area is 119 Å². The molecule has 1 fully saturated rings. The van der Waals surface area contributed by atoms with Crippen molar-refractivity contribution < 1.29 is 14.3 Å². The number of methoxy groups -OCH3 is 1. The van der Waals surface area contributed by atoms with Gasteiger partial charge >= 0.3 is 5.97 Å². The topological polar surface area (TPSA) is 64.8 Å². The van der Waals surface area contributed by atoms with E-state index in [1.165, 1.54) is 7.11 Å². The summed E-state index contributed by atoms with van der Waals surface area (Å²) in [5.41, 5.74) is 7.99. The predicted molar refractivity (Wildman–Crippen MR) is 79.1 cm³/mol. The first kappa shape index (κ1) is 14.7. The third-order valence-electron chi connectivity index (χ3n) is 3.63. The van der Waals surface area contributed by atoms with Gasteiger partial charge in [0.1, 0.15) is 0 Å². The van der Waals surface area contributed by atoms with E-state index in [0.29, 0.717) is 17.4 Å². The van der Waals surface area contributed by atoms with Gasteiger partial charge < -0.3 is 20.1 Å². The molecule has 5 nitrogen and oxygen atoms in total. The molecule has 1 aliphatic rings. The van der Waals surface area contributed by atoms with Gasteiger partial charge in [-0.3, -0.25) is 0 Å². The Morgan fingerprint density at radius 3 is 2.70 bits per heavy atom. The van der Waals surface area contributed by atoms with Gasteiger partial charge in [0.2, 0.25) is 0 Å². The average molecular weight is 278 g/mol. The van der Waals surface area contributed by atoms with E-state index in [4.69, 9.17) is 15.2 Å². The van der Waals surface area contributed by atoms with Crippen LogP contribution in [-0.4, -0.2) is 38.9 Å². The number of esters is 1. The van der Waals surface area contributed by atoms with Crippen molar-refractivity contribution in [3.63, 3.8) is 0 Å². The number of rotatable bonds is 4. The van der Waals surface area contributed by atoms with Gasteiger partial charge in [-0.2, -0.15) is 0 Å². The lowest BCUT2D eigenvalue weighted by molar-refractivity contribution is 0.0459. The molecule has 0 spiro atoms. The second kappa shape index (κ2) is 6.61. The number of para-hydroxylation sites is 1. The molecule has 1 aromatic rings. The van der Waals surface area contributed by atoms with E-state index in [0.717, 1.165) is 38.2 Å². The summed E-state index contributed by atoms with van der Waals surface area (Å²) in [6.07, 6.45) is 2.20. The molecule has 0 atom stereocenters. The summed E-state index contributed by atoms with van der Waals surface area (Å²) in [7, 11) is 1.39. The Morgan fingerprint density at radius 1 is 1.40 bits per heavy atom. The van der Waals surface area contributed by atoms with E-state index >= 15 is 0 Å². The van der Waals surface area contributed by atoms with Crippen LogP contribution < -0.4 is 10.6 Å². The van der Waals surface area contributed by atoms with Crippen LogP contribution in [0.15, 0.2) is 18.2 Å². The van der Waals surface area contributed by atoms with Crippen LogP contribution in [0.5, 0.6) is 0 Å². The standard InChI is InChI=1S/C15H22N2O3/c1-3-20-11-7-9-17(10-8-11)14-12(15(18)19-2)5-4-6-13(14)16/h4-6,11H,3,7-10,16H2,1-2H3. The maximum atomic E-state index is 11.9. The molecule has 110 valence electrons. The van der Waals surface area contributed by atoms with Crippen LogP contribution in [0.1, 0.15) is 30.1 Å². The molecular weight excluding hydrogens is 256 g/mol. The van der Waals surface area contributed by atoms with Crippen molar-refractivity contribution in [1.29, 1.82) is 0 Å². The lowest BCUT2D eigenvalue weighted by Gasteiger charge is -2.34. The van der Waals surface area contributed by atoms with Crippen molar-refractivity contribution in [3.8, 4) is 0 Å². The molecule has 20 heavy (non-hydrogen) atoms. The Balaban J connectivity index is 2.19. The van der Waals surface area contributed by atoms with Gasteiger partial charge in [-0.05, 0) is 31.9 Å². The van der Waals surface area contributed by atoms with Crippen LogP contribution in [0.25, 0.3) is 0 Å². The minimum absolute atomic E-state index is 0.308. The number of anilines is 2. The van der Waals surface area contributed by atoms with E-state index in [9.17, 15) is 4.79 Å². The fraction of sp³-hybridized carbons (Fsp3) is 0.533. The number of hydrogen-bond donors (Lipinski definition) is 1. The highest BCUT2D eigenvalue weighted by molar-refractivity contribution is 5.99. The Bertz CT molecular complexity index is 468. The van der Waals surface area contributed by atoms with Crippen molar-refractivity contribution >= 4 is 17.3 Å². The van der Waals surface area contributed by atoms with Gasteiger partial charge in [0.15, 0.2) is 0 Å². The van der Waals surface area contributed by atoms with E-state index in [1.54, 1.807) is 12.1 Å². The molecule has 0 bridgehead atoms. The zero-order valence-corrected chi connectivity index (χ0v) is 12.1. The van der Waals surface area contributed by atoms with Crippen molar-refractivity contribution in [2.75, 3.05) is 37.4 Å². The highest BCUT2D eigenvalue weighted by Gasteiger charge is 2.24. The first-order chi connectivity index (χ1) is 9.67. The minimum Gasteiger partial charge on any atom is -0.465 e. The van der Waals surface area contributed by atoms with E-state index < -0.39 is 0 Å². The van der Waals surface area contributed by atoms with Gasteiger partial charge in [-0.1, -0.05) is 6.07 Å². The molecule has 2 rings (SSSR count). The van der Waals surface area contributed by atoms with Crippen molar-refractivity contribution in [1.82, 2.24) is 0 Å². The van der Waals surface area contributed by atoms with Crippen molar-refractivity contribution in [2.24, 2.45) is 0 Å². The first-order valence-corrected chi connectivity index (χ1v) is 7.00. The summed E-state index contributed by atoms with van der Waals surface area (Å²) in [6, 6.07) is 5.35. The summed E-state index contributed by atoms with van der Waals surface area (Å²) in [5, 5.41) is 0. The van der Waals surface area contributed by atoms with Gasteiger partial charge in [0.25, 0.3) is 0 Å². The fourth-order valence-corrected chi connectivity index (χ4v) is 2.67. The summed E-state index contributed by atoms with van der Waals surface area (Å²) < 4.78 is 10.5. The van der Waals surface area contributed by atoms with E-state index in [-0.39, 0.29) is 5.97 Å². The second-order valence-corrected chi connectivity index (χ2v) is 4.88. The number of piperidine rings is 1. The summed E-state index contributed by atoms with van der Waals surface area (Å²) in [4.78, 5) is 14.0. The molecule has 1 saturated heterocycles. The van der Waals surface area contributed by atoms with Gasteiger partial charge in [0.05, 0.1) is 30.2 Å². The molecule has 5 heteroatoms. The first-order valence-electron chi connectivity index (χ1n) is 7.00. The molecule has 0 amide bonds. The number of carbonyl (C=O) groups is 1. The van der Waals surface area contributed by atoms with Crippen LogP contribution in [0.2, 0.25) is 0 Å². The number of nitrogens with zero attached hydrogens (tertiary/aromatic N) is 1. The molecule has 1 heterocycles. The molecule has 1 aromatic carbocycles. The smallest absolute Gasteiger partial charge is 0.340 e. The highest BCUT2D eigenvalue weighted by Crippen LogP contribution is 2.31. The number of nitrogen functional groups attached to an aromatic ring is 1. The van der Waals surface area contributed by atoms with Gasteiger partial charge in [-0.25, -0.2) is 4.79 Å². The van der Waals surface area contributed by atoms with E-state index in [1.807, 2.05) is 13.0 Å². The number of hydrogen-bond acceptors (Lipinski definition) is 5. The van der Waals surface area contributed by atoms with Crippen LogP contribution in [-0.2, 0) is 9.47 Å². The van der Waals surface area contributed by atoms with Gasteiger partial charge in [-0.15, -0.1) is 0 Å². The Hall–Kier alpha value is -1.75. The predicted octanol–water partition coefficient (Wildman–Crippen LogP) is 2.06. The number of nitrogens with two attached hydrogens (primary N) is 1. The lowest BCUT2D eigenvalue weighted by Crippen LogP contribution is -2.38. The molecule has 0 radical (unpaired) electrons. The summed E-state index contributed by atoms with van der Waals surface area (Å²) in [6.45, 7) is 4.42. The third-order valence-corrected chi connectivity index (χ3v) is 3.63. The van der Waals surface area contributed by atoms with Crippen molar-refractivity contribution in [3.05, 3.63) is 23.8 Å². The molecule has 0 unspecified atom stereocenters. The van der Waals surface area contributed by atoms with E-state index in [2.05, 4.69) is 4.90 Å². The zero-order chi connectivity index (χ0) is 14.5. The maximum Gasteiger partial charge on any atom is 0.340 e. The highest BCUT2D eigenvalue weighted by atomic mass is 16.5. The molecular formula is C15H22N2O3. The summed E-state index contributed by atoms with van der Waals surface area (Å²) in [5.74, 6) is -0.348. The second-order valence-electron chi connectivity index (χ2n) is 4.88. The monoisotopic (exact) mass is 278 g/mol. The largest absolute Gasteiger partial charge is 0.465 e. The average Bonchev–Trinajstić information content (AvgIpc) is 2.47. The normalized spacial score (nSPS) is 16.2. The summed E-state index contributed by atoms with van der Waals surface area (Å²) >= 11 is 0. The lowest BCUT2D eigenvalue weighted by atomic mass is 10.0. The van der Waals surface area contributed by atoms with Crippen LogP contribution in [0.4, 0.5) is 11.4 Å². The molecule has 1 aliphatic heterocycles. The minimum atomic E-state index is -0.348. The number of carbonyl (C=O) groups excluding carboxylic acids is 1. The Morgan fingerprint density at radius 2 is 2.10 bits per heavy atom.